The molecule has 2 atom stereocenters. The van der Waals surface area contributed by atoms with Crippen LogP contribution in [0, 0.1) is 20.8 Å². The van der Waals surface area contributed by atoms with E-state index in [0.29, 0.717) is 6.04 Å². The highest BCUT2D eigenvalue weighted by atomic mass is 16.3. The summed E-state index contributed by atoms with van der Waals surface area (Å²) in [6.45, 7) is 10.5. The fraction of sp³-hybridized carbons (Fsp3) is 0.412. The van der Waals surface area contributed by atoms with Gasteiger partial charge in [0, 0.05) is 17.6 Å². The molecule has 0 saturated carbocycles. The summed E-state index contributed by atoms with van der Waals surface area (Å²) in [7, 11) is 0. The number of benzene rings is 1. The third-order valence-corrected chi connectivity index (χ3v) is 3.59. The van der Waals surface area contributed by atoms with E-state index in [1.165, 1.54) is 16.7 Å². The Hall–Kier alpha value is -1.54. The molecule has 0 amide bonds. The molecule has 2 aromatic rings. The summed E-state index contributed by atoms with van der Waals surface area (Å²) < 4.78 is 5.60. The average Bonchev–Trinajstić information content (AvgIpc) is 2.68. The lowest BCUT2D eigenvalue weighted by Crippen LogP contribution is -2.22. The highest BCUT2D eigenvalue weighted by Crippen LogP contribution is 2.24. The third-order valence-electron chi connectivity index (χ3n) is 3.59. The van der Waals surface area contributed by atoms with Gasteiger partial charge in [-0.05, 0) is 46.2 Å². The average molecular weight is 257 g/mol. The minimum absolute atomic E-state index is 0.285. The quantitative estimate of drug-likeness (QED) is 0.864. The van der Waals surface area contributed by atoms with Crippen LogP contribution in [0.1, 0.15) is 54.1 Å². The Morgan fingerprint density at radius 1 is 1.00 bits per heavy atom. The molecule has 0 bridgehead atoms. The van der Waals surface area contributed by atoms with E-state index in [1.54, 1.807) is 0 Å². The molecule has 0 fully saturated rings. The van der Waals surface area contributed by atoms with Crippen molar-refractivity contribution in [2.24, 2.45) is 0 Å². The monoisotopic (exact) mass is 257 g/mol. The minimum atomic E-state index is 0.285. The van der Waals surface area contributed by atoms with Crippen LogP contribution in [-0.4, -0.2) is 0 Å². The van der Waals surface area contributed by atoms with Gasteiger partial charge in [0.25, 0.3) is 0 Å². The molecule has 2 heteroatoms. The Kier molecular flexibility index (Phi) is 4.11. The van der Waals surface area contributed by atoms with Gasteiger partial charge in [-0.3, -0.25) is 0 Å². The van der Waals surface area contributed by atoms with Crippen LogP contribution in [0.25, 0.3) is 0 Å². The molecule has 0 spiro atoms. The zero-order chi connectivity index (χ0) is 14.0. The zero-order valence-corrected chi connectivity index (χ0v) is 12.4. The van der Waals surface area contributed by atoms with Crippen molar-refractivity contribution in [1.29, 1.82) is 0 Å². The lowest BCUT2D eigenvalue weighted by atomic mass is 10.0. The smallest absolute Gasteiger partial charge is 0.105 e. The van der Waals surface area contributed by atoms with Crippen LogP contribution in [-0.2, 0) is 0 Å². The molecule has 1 aromatic heterocycles. The van der Waals surface area contributed by atoms with Crippen molar-refractivity contribution < 1.29 is 4.42 Å². The van der Waals surface area contributed by atoms with Crippen LogP contribution in [0.5, 0.6) is 0 Å². The van der Waals surface area contributed by atoms with Gasteiger partial charge in [-0.25, -0.2) is 0 Å². The first-order chi connectivity index (χ1) is 8.97. The van der Waals surface area contributed by atoms with Gasteiger partial charge in [0.15, 0.2) is 0 Å². The third kappa shape index (κ3) is 3.27. The van der Waals surface area contributed by atoms with Crippen LogP contribution in [0.15, 0.2) is 34.7 Å². The van der Waals surface area contributed by atoms with Crippen molar-refractivity contribution in [3.05, 3.63) is 58.5 Å². The summed E-state index contributed by atoms with van der Waals surface area (Å²) in [6, 6.07) is 11.4. The Bertz CT molecular complexity index is 556. The maximum atomic E-state index is 5.60. The van der Waals surface area contributed by atoms with Crippen LogP contribution in [0.2, 0.25) is 0 Å². The van der Waals surface area contributed by atoms with Gasteiger partial charge in [-0.1, -0.05) is 29.8 Å². The molecule has 2 nitrogen and oxygen atoms in total. The minimum Gasteiger partial charge on any atom is -0.466 e. The van der Waals surface area contributed by atoms with Gasteiger partial charge >= 0.3 is 0 Å². The van der Waals surface area contributed by atoms with Crippen molar-refractivity contribution in [2.75, 3.05) is 0 Å². The van der Waals surface area contributed by atoms with Crippen molar-refractivity contribution in [3.8, 4) is 0 Å². The van der Waals surface area contributed by atoms with E-state index in [-0.39, 0.29) is 6.04 Å². The summed E-state index contributed by atoms with van der Waals surface area (Å²) >= 11 is 0. The molecule has 1 heterocycles. The van der Waals surface area contributed by atoms with Crippen LogP contribution in [0.4, 0.5) is 0 Å². The largest absolute Gasteiger partial charge is 0.466 e. The van der Waals surface area contributed by atoms with E-state index < -0.39 is 0 Å². The van der Waals surface area contributed by atoms with E-state index in [4.69, 9.17) is 4.42 Å². The van der Waals surface area contributed by atoms with Gasteiger partial charge in [0.1, 0.15) is 11.5 Å². The number of rotatable bonds is 4. The lowest BCUT2D eigenvalue weighted by molar-refractivity contribution is 0.469. The summed E-state index contributed by atoms with van der Waals surface area (Å²) in [5.41, 5.74) is 3.87. The molecule has 1 N–H and O–H groups in total. The fourth-order valence-electron chi connectivity index (χ4n) is 2.58. The highest BCUT2D eigenvalue weighted by Gasteiger charge is 2.15. The Morgan fingerprint density at radius 2 is 1.74 bits per heavy atom. The van der Waals surface area contributed by atoms with E-state index in [2.05, 4.69) is 56.4 Å². The molecule has 2 rings (SSSR count). The summed E-state index contributed by atoms with van der Waals surface area (Å²) in [5.74, 6) is 1.98. The Morgan fingerprint density at radius 3 is 2.32 bits per heavy atom. The molecule has 1 unspecified atom stereocenters. The second kappa shape index (κ2) is 5.62. The first kappa shape index (κ1) is 13.9. The summed E-state index contributed by atoms with van der Waals surface area (Å²) in [5, 5.41) is 3.63. The maximum absolute atomic E-state index is 5.60. The number of hydrogen-bond donors (Lipinski definition) is 1. The molecular weight excluding hydrogens is 234 g/mol. The second-order valence-corrected chi connectivity index (χ2v) is 5.39. The van der Waals surface area contributed by atoms with Crippen LogP contribution in [0.3, 0.4) is 0 Å². The summed E-state index contributed by atoms with van der Waals surface area (Å²) in [6.07, 6.45) is 0. The standard InChI is InChI=1S/C17H23NO/c1-11-7-6-8-16(9-11)13(3)18-14(4)17-10-12(2)19-15(17)5/h6-10,13-14,18H,1-5H3/t13-,14?/m0/s1. The van der Waals surface area contributed by atoms with Crippen LogP contribution < -0.4 is 5.32 Å². The van der Waals surface area contributed by atoms with Gasteiger partial charge in [-0.15, -0.1) is 0 Å². The number of hydrogen-bond acceptors (Lipinski definition) is 2. The maximum Gasteiger partial charge on any atom is 0.105 e. The predicted molar refractivity (Wildman–Crippen MR) is 79.3 cm³/mol. The number of nitrogens with one attached hydrogen (secondary N) is 1. The number of aryl methyl sites for hydroxylation is 3. The highest BCUT2D eigenvalue weighted by molar-refractivity contribution is 5.27. The lowest BCUT2D eigenvalue weighted by Gasteiger charge is -2.20. The van der Waals surface area contributed by atoms with Gasteiger partial charge in [-0.2, -0.15) is 0 Å². The molecule has 0 aliphatic rings. The molecule has 0 saturated heterocycles. The van der Waals surface area contributed by atoms with Gasteiger partial charge in [0.2, 0.25) is 0 Å². The molecule has 1 aromatic carbocycles. The first-order valence-electron chi connectivity index (χ1n) is 6.87. The van der Waals surface area contributed by atoms with E-state index in [1.807, 2.05) is 13.8 Å². The van der Waals surface area contributed by atoms with Crippen molar-refractivity contribution in [2.45, 2.75) is 46.7 Å². The second-order valence-electron chi connectivity index (χ2n) is 5.39. The van der Waals surface area contributed by atoms with E-state index in [9.17, 15) is 0 Å². The predicted octanol–water partition coefficient (Wildman–Crippen LogP) is 4.62. The molecular formula is C17H23NO. The molecule has 0 aliphatic heterocycles. The van der Waals surface area contributed by atoms with Crippen molar-refractivity contribution >= 4 is 0 Å². The molecule has 19 heavy (non-hydrogen) atoms. The van der Waals surface area contributed by atoms with Crippen molar-refractivity contribution in [1.82, 2.24) is 5.32 Å². The van der Waals surface area contributed by atoms with Crippen LogP contribution >= 0.6 is 0 Å². The van der Waals surface area contributed by atoms with E-state index >= 15 is 0 Å². The topological polar surface area (TPSA) is 25.2 Å². The SMILES string of the molecule is Cc1cccc([C@H](C)NC(C)c2cc(C)oc2C)c1. The fourth-order valence-corrected chi connectivity index (χ4v) is 2.58. The summed E-state index contributed by atoms with van der Waals surface area (Å²) in [4.78, 5) is 0. The molecule has 102 valence electrons. The normalized spacial score (nSPS) is 14.4. The van der Waals surface area contributed by atoms with E-state index in [0.717, 1.165) is 11.5 Å². The van der Waals surface area contributed by atoms with Gasteiger partial charge < -0.3 is 9.73 Å². The zero-order valence-electron chi connectivity index (χ0n) is 12.4. The van der Waals surface area contributed by atoms with Gasteiger partial charge in [0.05, 0.1) is 0 Å². The Labute approximate surface area is 115 Å². The Balaban J connectivity index is 2.10. The first-order valence-corrected chi connectivity index (χ1v) is 6.87. The number of furan rings is 1. The molecule has 0 aliphatic carbocycles. The van der Waals surface area contributed by atoms with Crippen molar-refractivity contribution in [3.63, 3.8) is 0 Å². The molecule has 0 radical (unpaired) electrons.